The molecule has 0 aromatic heterocycles. The van der Waals surface area contributed by atoms with Crippen LogP contribution in [0.25, 0.3) is 28.9 Å². The van der Waals surface area contributed by atoms with E-state index in [1.807, 2.05) is 0 Å². The first-order valence-corrected chi connectivity index (χ1v) is 14.7. The van der Waals surface area contributed by atoms with Gasteiger partial charge in [-0.3, -0.25) is 0 Å². The van der Waals surface area contributed by atoms with Crippen molar-refractivity contribution in [1.29, 1.82) is 0 Å². The first-order valence-electron chi connectivity index (χ1n) is 14.7. The van der Waals surface area contributed by atoms with Crippen LogP contribution >= 0.6 is 0 Å². The van der Waals surface area contributed by atoms with E-state index in [9.17, 15) is 0 Å². The van der Waals surface area contributed by atoms with Crippen molar-refractivity contribution in [1.82, 2.24) is 0 Å². The quantitative estimate of drug-likeness (QED) is 0.249. The summed E-state index contributed by atoms with van der Waals surface area (Å²) in [6, 6.07) is 52.6. The molecule has 8 rings (SSSR count). The maximum absolute atomic E-state index is 3.88. The van der Waals surface area contributed by atoms with Crippen molar-refractivity contribution in [2.24, 2.45) is 0 Å². The summed E-state index contributed by atoms with van der Waals surface area (Å²) in [6.07, 6.45) is 6.29. The third-order valence-electron chi connectivity index (χ3n) is 8.77. The maximum atomic E-state index is 3.88. The molecule has 3 heteroatoms. The molecule has 0 aliphatic heterocycles. The van der Waals surface area contributed by atoms with Crippen molar-refractivity contribution in [2.75, 3.05) is 0 Å². The van der Waals surface area contributed by atoms with Crippen molar-refractivity contribution in [3.05, 3.63) is 205 Å². The molecule has 0 heterocycles. The van der Waals surface area contributed by atoms with Gasteiger partial charge in [-0.15, -0.1) is 33.4 Å². The van der Waals surface area contributed by atoms with Gasteiger partial charge >= 0.3 is 26.2 Å². The summed E-state index contributed by atoms with van der Waals surface area (Å²) in [5, 5.41) is 4.97. The monoisotopic (exact) mass is 693 g/mol. The maximum Gasteiger partial charge on any atom is 3.00 e. The number of hydrogen-bond acceptors (Lipinski definition) is 0. The normalized spacial score (nSPS) is 13.4. The van der Waals surface area contributed by atoms with Crippen molar-refractivity contribution in [2.45, 2.75) is 12.8 Å². The summed E-state index contributed by atoms with van der Waals surface area (Å²) in [6.45, 7) is 2.30. The van der Waals surface area contributed by atoms with Gasteiger partial charge in [-0.05, 0) is 51.1 Å². The van der Waals surface area contributed by atoms with Crippen LogP contribution in [0, 0.1) is 10.4 Å². The molecule has 45 heavy (non-hydrogen) atoms. The minimum Gasteiger partial charge on any atom is -1.00 e. The van der Waals surface area contributed by atoms with Crippen molar-refractivity contribution >= 4 is 17.7 Å². The van der Waals surface area contributed by atoms with E-state index in [-0.39, 0.29) is 56.9 Å². The molecule has 6 aromatic carbocycles. The Labute approximate surface area is 296 Å². The molecule has 0 nitrogen and oxygen atoms in total. The van der Waals surface area contributed by atoms with Crippen LogP contribution in [0.2, 0.25) is 0 Å². The predicted molar refractivity (Wildman–Crippen MR) is 174 cm³/mol. The Balaban J connectivity index is 0.00000133. The topological polar surface area (TPSA) is 0 Å². The minimum atomic E-state index is 0. The van der Waals surface area contributed by atoms with Gasteiger partial charge in [0, 0.05) is 5.92 Å². The first-order chi connectivity index (χ1) is 20.8. The molecule has 2 aliphatic rings. The van der Waals surface area contributed by atoms with E-state index in [0.717, 1.165) is 0 Å². The molecular formula is C42H29Cl2Zr. The van der Waals surface area contributed by atoms with Gasteiger partial charge in [0.1, 0.15) is 0 Å². The fourth-order valence-corrected chi connectivity index (χ4v) is 6.95. The molecule has 0 N–H and O–H groups in total. The Kier molecular flexibility index (Phi) is 9.95. The van der Waals surface area contributed by atoms with E-state index in [2.05, 4.69) is 165 Å². The average Bonchev–Trinajstić information content (AvgIpc) is 3.59. The van der Waals surface area contributed by atoms with E-state index in [1.165, 1.54) is 76.5 Å². The van der Waals surface area contributed by atoms with Crippen LogP contribution in [0.3, 0.4) is 0 Å². The van der Waals surface area contributed by atoms with E-state index in [4.69, 9.17) is 0 Å². The van der Waals surface area contributed by atoms with Gasteiger partial charge in [-0.25, -0.2) is 0 Å². The second-order valence-electron chi connectivity index (χ2n) is 11.2. The smallest absolute Gasteiger partial charge is 1.00 e. The second-order valence-corrected chi connectivity index (χ2v) is 11.2. The van der Waals surface area contributed by atoms with Crippen molar-refractivity contribution in [3.63, 3.8) is 0 Å². The average molecular weight is 696 g/mol. The number of rotatable bonds is 4. The standard InChI is InChI=1S/C42H29.2ClH.Zr/c1-28-26-38-33(29-14-5-2-6-15-29)22-13-23-36(38)40(28)42-37(25-24-35-34-21-12-11-20-32(34)27-39(35)42)41(30-16-7-3-8-17-30)31-18-9-4-10-19-31;;;/h2-26,40H,1H3;2*1H;/q-1;;;+3/p-2. The number of allylic oxidation sites excluding steroid dienone is 1. The summed E-state index contributed by atoms with van der Waals surface area (Å²) in [5.74, 6) is 0.123. The van der Waals surface area contributed by atoms with Crippen LogP contribution in [0.4, 0.5) is 0 Å². The Morgan fingerprint density at radius 2 is 1.18 bits per heavy atom. The van der Waals surface area contributed by atoms with Gasteiger partial charge < -0.3 is 24.8 Å². The molecule has 0 saturated carbocycles. The van der Waals surface area contributed by atoms with Crippen LogP contribution in [0.1, 0.15) is 46.2 Å². The zero-order valence-corrected chi connectivity index (χ0v) is 28.7. The van der Waals surface area contributed by atoms with Crippen LogP contribution in [0.15, 0.2) is 151 Å². The first kappa shape index (κ1) is 32.7. The van der Waals surface area contributed by atoms with Gasteiger partial charge in [0.25, 0.3) is 0 Å². The largest absolute Gasteiger partial charge is 3.00 e. The SMILES string of the molecule is CC1=Cc2c(-c3ccccc3)cccc2C1c1c2c(ccc1=C(c1ccccc1)c1ccccc1)=c1ccccc1=[C-]2.[Cl-].[Cl-].[Zr+3]. The summed E-state index contributed by atoms with van der Waals surface area (Å²) in [5.41, 5.74) is 12.8. The predicted octanol–water partition coefficient (Wildman–Crippen LogP) is 2.46. The van der Waals surface area contributed by atoms with Gasteiger partial charge in [-0.2, -0.15) is 0 Å². The fourth-order valence-electron chi connectivity index (χ4n) is 6.95. The van der Waals surface area contributed by atoms with Gasteiger partial charge in [0.05, 0.1) is 0 Å². The van der Waals surface area contributed by atoms with Crippen LogP contribution in [-0.2, 0) is 26.2 Å². The molecule has 1 radical (unpaired) electrons. The second kappa shape index (κ2) is 13.7. The van der Waals surface area contributed by atoms with Crippen LogP contribution in [-0.4, -0.2) is 0 Å². The number of benzene rings is 6. The third kappa shape index (κ3) is 5.64. The zero-order chi connectivity index (χ0) is 28.0. The molecule has 1 unspecified atom stereocenters. The molecular weight excluding hydrogens is 667 g/mol. The summed E-state index contributed by atoms with van der Waals surface area (Å²) in [7, 11) is 0. The molecule has 215 valence electrons. The molecule has 0 saturated heterocycles. The van der Waals surface area contributed by atoms with E-state index in [0.29, 0.717) is 0 Å². The molecule has 1 atom stereocenters. The van der Waals surface area contributed by atoms with Gasteiger partial charge in [-0.1, -0.05) is 157 Å². The summed E-state index contributed by atoms with van der Waals surface area (Å²) < 4.78 is 0. The molecule has 0 bridgehead atoms. The van der Waals surface area contributed by atoms with E-state index < -0.39 is 0 Å². The van der Waals surface area contributed by atoms with Gasteiger partial charge in [0.2, 0.25) is 0 Å². The number of hydrogen-bond donors (Lipinski definition) is 0. The van der Waals surface area contributed by atoms with Crippen LogP contribution < -0.4 is 35.3 Å². The minimum absolute atomic E-state index is 0. The summed E-state index contributed by atoms with van der Waals surface area (Å²) in [4.78, 5) is 0. The molecule has 6 aromatic rings. The fraction of sp³-hybridized carbons (Fsp3) is 0.0476. The Bertz CT molecular complexity index is 2200. The van der Waals surface area contributed by atoms with E-state index in [1.54, 1.807) is 0 Å². The Morgan fingerprint density at radius 3 is 1.84 bits per heavy atom. The van der Waals surface area contributed by atoms with E-state index >= 15 is 0 Å². The molecule has 2 aliphatic carbocycles. The van der Waals surface area contributed by atoms with Crippen molar-refractivity contribution < 1.29 is 51.0 Å². The molecule has 0 fully saturated rings. The Morgan fingerprint density at radius 1 is 0.578 bits per heavy atom. The number of halogens is 2. The summed E-state index contributed by atoms with van der Waals surface area (Å²) >= 11 is 0. The number of fused-ring (bicyclic) bond motifs is 3. The Hall–Kier alpha value is -3.74. The van der Waals surface area contributed by atoms with Gasteiger partial charge in [0.15, 0.2) is 0 Å². The van der Waals surface area contributed by atoms with Crippen LogP contribution in [0.5, 0.6) is 0 Å². The molecule has 0 spiro atoms. The third-order valence-corrected chi connectivity index (χ3v) is 8.77. The van der Waals surface area contributed by atoms with Crippen molar-refractivity contribution in [3.8, 4) is 11.1 Å². The zero-order valence-electron chi connectivity index (χ0n) is 24.8. The molecule has 0 amide bonds.